The van der Waals surface area contributed by atoms with Gasteiger partial charge in [-0.3, -0.25) is 4.79 Å². The zero-order valence-corrected chi connectivity index (χ0v) is 14.0. The molecule has 0 radical (unpaired) electrons. The van der Waals surface area contributed by atoms with E-state index in [0.29, 0.717) is 18.2 Å². The van der Waals surface area contributed by atoms with Crippen molar-refractivity contribution in [3.05, 3.63) is 54.0 Å². The smallest absolute Gasteiger partial charge is 0.270 e. The van der Waals surface area contributed by atoms with E-state index in [9.17, 15) is 4.79 Å². The van der Waals surface area contributed by atoms with Gasteiger partial charge in [0.05, 0.1) is 0 Å². The van der Waals surface area contributed by atoms with Crippen molar-refractivity contribution in [2.75, 3.05) is 24.5 Å². The van der Waals surface area contributed by atoms with Crippen LogP contribution in [-0.2, 0) is 6.42 Å². The van der Waals surface area contributed by atoms with Crippen LogP contribution in [0.25, 0.3) is 10.9 Å². The number of hydrogen-bond acceptors (Lipinski definition) is 4. The third-order valence-electron chi connectivity index (χ3n) is 4.62. The van der Waals surface area contributed by atoms with Crippen LogP contribution in [0.1, 0.15) is 28.9 Å². The number of H-pyrrole nitrogens is 1. The van der Waals surface area contributed by atoms with Gasteiger partial charge < -0.3 is 15.2 Å². The molecule has 3 heterocycles. The van der Waals surface area contributed by atoms with Gasteiger partial charge in [-0.2, -0.15) is 0 Å². The number of nitrogens with zero attached hydrogens (tertiary/aromatic N) is 3. The second kappa shape index (κ2) is 6.93. The topological polar surface area (TPSA) is 73.9 Å². The summed E-state index contributed by atoms with van der Waals surface area (Å²) in [6.07, 6.45) is 6.76. The molecular weight excluding hydrogens is 314 g/mol. The van der Waals surface area contributed by atoms with Gasteiger partial charge in [0.1, 0.15) is 5.69 Å². The normalized spacial score (nSPS) is 14.2. The third kappa shape index (κ3) is 3.33. The first-order chi connectivity index (χ1) is 12.3. The summed E-state index contributed by atoms with van der Waals surface area (Å²) in [5.41, 5.74) is 2.75. The number of carbonyl (C=O) groups excluding carboxylic acids is 1. The molecule has 2 aromatic heterocycles. The Morgan fingerprint density at radius 3 is 2.92 bits per heavy atom. The van der Waals surface area contributed by atoms with Crippen LogP contribution in [0, 0.1) is 0 Å². The predicted molar refractivity (Wildman–Crippen MR) is 97.8 cm³/mol. The summed E-state index contributed by atoms with van der Waals surface area (Å²) in [5, 5.41) is 4.16. The van der Waals surface area contributed by atoms with Gasteiger partial charge >= 0.3 is 0 Å². The van der Waals surface area contributed by atoms with Crippen LogP contribution in [0.2, 0.25) is 0 Å². The quantitative estimate of drug-likeness (QED) is 0.751. The van der Waals surface area contributed by atoms with Crippen LogP contribution >= 0.6 is 0 Å². The maximum atomic E-state index is 12.4. The molecule has 1 aliphatic rings. The molecule has 0 aliphatic carbocycles. The minimum absolute atomic E-state index is 0.150. The summed E-state index contributed by atoms with van der Waals surface area (Å²) in [5.74, 6) is 0.504. The molecule has 128 valence electrons. The van der Waals surface area contributed by atoms with E-state index >= 15 is 0 Å². The lowest BCUT2D eigenvalue weighted by molar-refractivity contribution is 0.0949. The number of aromatic amines is 1. The van der Waals surface area contributed by atoms with Crippen molar-refractivity contribution in [3.63, 3.8) is 0 Å². The van der Waals surface area contributed by atoms with Crippen LogP contribution in [0.4, 0.5) is 5.95 Å². The second-order valence-electron chi connectivity index (χ2n) is 6.30. The lowest BCUT2D eigenvalue weighted by atomic mass is 10.1. The minimum atomic E-state index is -0.150. The Morgan fingerprint density at radius 2 is 2.04 bits per heavy atom. The average molecular weight is 335 g/mol. The summed E-state index contributed by atoms with van der Waals surface area (Å²) >= 11 is 0. The molecule has 1 saturated heterocycles. The summed E-state index contributed by atoms with van der Waals surface area (Å²) in [6, 6.07) is 9.85. The van der Waals surface area contributed by atoms with Crippen LogP contribution in [0.15, 0.2) is 42.7 Å². The van der Waals surface area contributed by atoms with E-state index < -0.39 is 0 Å². The van der Waals surface area contributed by atoms with E-state index in [1.165, 1.54) is 10.9 Å². The highest BCUT2D eigenvalue weighted by atomic mass is 16.1. The standard InChI is InChI=1S/C19H21N5O/c25-18(17-8-10-21-19(23-17)24-11-3-4-12-24)20-9-7-14-13-22-16-6-2-1-5-15(14)16/h1-2,5-6,8,10,13,22H,3-4,7,9,11-12H2,(H,20,25). The lowest BCUT2D eigenvalue weighted by Gasteiger charge is -2.15. The molecule has 6 nitrogen and oxygen atoms in total. The second-order valence-corrected chi connectivity index (χ2v) is 6.30. The Hall–Kier alpha value is -2.89. The highest BCUT2D eigenvalue weighted by molar-refractivity contribution is 5.92. The number of benzene rings is 1. The molecule has 25 heavy (non-hydrogen) atoms. The van der Waals surface area contributed by atoms with Crippen molar-refractivity contribution in [2.24, 2.45) is 0 Å². The molecular formula is C19H21N5O. The van der Waals surface area contributed by atoms with E-state index in [2.05, 4.69) is 37.3 Å². The monoisotopic (exact) mass is 335 g/mol. The Morgan fingerprint density at radius 1 is 1.20 bits per heavy atom. The maximum absolute atomic E-state index is 12.4. The first-order valence-corrected chi connectivity index (χ1v) is 8.72. The van der Waals surface area contributed by atoms with Gasteiger partial charge in [-0.1, -0.05) is 18.2 Å². The number of amides is 1. The Labute approximate surface area is 146 Å². The van der Waals surface area contributed by atoms with Gasteiger partial charge in [0.25, 0.3) is 5.91 Å². The van der Waals surface area contributed by atoms with Crippen LogP contribution < -0.4 is 10.2 Å². The van der Waals surface area contributed by atoms with Crippen molar-refractivity contribution in [1.29, 1.82) is 0 Å². The van der Waals surface area contributed by atoms with E-state index in [1.54, 1.807) is 12.3 Å². The molecule has 0 spiro atoms. The molecule has 1 aliphatic heterocycles. The average Bonchev–Trinajstić information content (AvgIpc) is 3.32. The Balaban J connectivity index is 1.38. The summed E-state index contributed by atoms with van der Waals surface area (Å²) in [4.78, 5) is 26.5. The van der Waals surface area contributed by atoms with E-state index in [-0.39, 0.29) is 5.91 Å². The number of carbonyl (C=O) groups is 1. The number of para-hydroxylation sites is 1. The number of aromatic nitrogens is 3. The zero-order valence-electron chi connectivity index (χ0n) is 14.0. The minimum Gasteiger partial charge on any atom is -0.361 e. The van der Waals surface area contributed by atoms with E-state index in [1.807, 2.05) is 18.3 Å². The van der Waals surface area contributed by atoms with Crippen LogP contribution in [0.3, 0.4) is 0 Å². The molecule has 3 aromatic rings. The highest BCUT2D eigenvalue weighted by Crippen LogP contribution is 2.18. The van der Waals surface area contributed by atoms with Crippen LogP contribution in [-0.4, -0.2) is 40.5 Å². The molecule has 4 rings (SSSR count). The van der Waals surface area contributed by atoms with Crippen molar-refractivity contribution in [3.8, 4) is 0 Å². The van der Waals surface area contributed by atoms with Crippen LogP contribution in [0.5, 0.6) is 0 Å². The fourth-order valence-electron chi connectivity index (χ4n) is 3.28. The molecule has 1 amide bonds. The number of anilines is 1. The van der Waals surface area contributed by atoms with E-state index in [0.717, 1.165) is 37.9 Å². The maximum Gasteiger partial charge on any atom is 0.270 e. The van der Waals surface area contributed by atoms with Gasteiger partial charge in [0.2, 0.25) is 5.95 Å². The number of fused-ring (bicyclic) bond motifs is 1. The molecule has 2 N–H and O–H groups in total. The van der Waals surface area contributed by atoms with Gasteiger partial charge in [-0.15, -0.1) is 0 Å². The fourth-order valence-corrected chi connectivity index (χ4v) is 3.28. The van der Waals surface area contributed by atoms with Crippen molar-refractivity contribution in [1.82, 2.24) is 20.3 Å². The first kappa shape index (κ1) is 15.6. The highest BCUT2D eigenvalue weighted by Gasteiger charge is 2.16. The number of hydrogen-bond donors (Lipinski definition) is 2. The van der Waals surface area contributed by atoms with Gasteiger partial charge in [0.15, 0.2) is 0 Å². The molecule has 1 aromatic carbocycles. The SMILES string of the molecule is O=C(NCCc1c[nH]c2ccccc12)c1ccnc(N2CCCC2)n1. The molecule has 0 saturated carbocycles. The number of nitrogens with one attached hydrogen (secondary N) is 2. The van der Waals surface area contributed by atoms with Crippen molar-refractivity contribution < 1.29 is 4.79 Å². The fraction of sp³-hybridized carbons (Fsp3) is 0.316. The molecule has 6 heteroatoms. The van der Waals surface area contributed by atoms with Crippen molar-refractivity contribution in [2.45, 2.75) is 19.3 Å². The van der Waals surface area contributed by atoms with E-state index in [4.69, 9.17) is 0 Å². The zero-order chi connectivity index (χ0) is 17.1. The van der Waals surface area contributed by atoms with Gasteiger partial charge in [0, 0.05) is 42.9 Å². The van der Waals surface area contributed by atoms with Gasteiger partial charge in [-0.05, 0) is 37.0 Å². The summed E-state index contributed by atoms with van der Waals surface area (Å²) < 4.78 is 0. The van der Waals surface area contributed by atoms with Crippen molar-refractivity contribution >= 4 is 22.8 Å². The van der Waals surface area contributed by atoms with Gasteiger partial charge in [-0.25, -0.2) is 9.97 Å². The molecule has 0 bridgehead atoms. The molecule has 0 atom stereocenters. The lowest BCUT2D eigenvalue weighted by Crippen LogP contribution is -2.28. The first-order valence-electron chi connectivity index (χ1n) is 8.72. The molecule has 1 fully saturated rings. The largest absolute Gasteiger partial charge is 0.361 e. The summed E-state index contributed by atoms with van der Waals surface area (Å²) in [6.45, 7) is 2.50. The Kier molecular flexibility index (Phi) is 4.33. The molecule has 0 unspecified atom stereocenters. The number of rotatable bonds is 5. The third-order valence-corrected chi connectivity index (χ3v) is 4.62. The predicted octanol–water partition coefficient (Wildman–Crippen LogP) is 2.53. The Bertz CT molecular complexity index is 882. The summed E-state index contributed by atoms with van der Waals surface area (Å²) in [7, 11) is 0.